The van der Waals surface area contributed by atoms with Gasteiger partial charge in [-0.2, -0.15) is 10.4 Å². The maximum Gasteiger partial charge on any atom is 0.145 e. The molecule has 6 heteroatoms. The summed E-state index contributed by atoms with van der Waals surface area (Å²) in [5.41, 5.74) is 7.75. The molecule has 3 aromatic rings. The number of hydrogen-bond donors (Lipinski definition) is 1. The Balaban J connectivity index is 2.19. The summed E-state index contributed by atoms with van der Waals surface area (Å²) < 4.78 is 20.1. The van der Waals surface area contributed by atoms with E-state index in [1.807, 2.05) is 6.07 Å². The minimum absolute atomic E-state index is 0.194. The molecule has 0 bridgehead atoms. The number of nitrogen functional groups attached to an aromatic ring is 1. The third-order valence-corrected chi connectivity index (χ3v) is 3.43. The van der Waals surface area contributed by atoms with E-state index in [9.17, 15) is 9.65 Å². The van der Waals surface area contributed by atoms with E-state index in [1.54, 1.807) is 43.5 Å². The highest BCUT2D eigenvalue weighted by atomic mass is 19.1. The lowest BCUT2D eigenvalue weighted by atomic mass is 10.1. The van der Waals surface area contributed by atoms with Gasteiger partial charge >= 0.3 is 0 Å². The van der Waals surface area contributed by atoms with Crippen LogP contribution in [0.25, 0.3) is 16.9 Å². The molecule has 2 aromatic carbocycles. The molecule has 114 valence electrons. The number of anilines is 1. The molecule has 0 atom stereocenters. The molecule has 3 rings (SSSR count). The van der Waals surface area contributed by atoms with Crippen molar-refractivity contribution in [2.24, 2.45) is 0 Å². The maximum atomic E-state index is 13.5. The van der Waals surface area contributed by atoms with Crippen LogP contribution in [0, 0.1) is 17.1 Å². The van der Waals surface area contributed by atoms with Gasteiger partial charge in [-0.15, -0.1) is 0 Å². The van der Waals surface area contributed by atoms with Crippen molar-refractivity contribution in [1.82, 2.24) is 9.78 Å². The van der Waals surface area contributed by atoms with Gasteiger partial charge in [0.05, 0.1) is 12.8 Å². The summed E-state index contributed by atoms with van der Waals surface area (Å²) in [6.07, 6.45) is 0. The Kier molecular flexibility index (Phi) is 3.69. The molecule has 5 nitrogen and oxygen atoms in total. The summed E-state index contributed by atoms with van der Waals surface area (Å²) in [6, 6.07) is 15.1. The van der Waals surface area contributed by atoms with E-state index >= 15 is 0 Å². The predicted octanol–water partition coefficient (Wildman–Crippen LogP) is 3.14. The molecular formula is C17H13FN4O. The lowest BCUT2D eigenvalue weighted by Crippen LogP contribution is -2.02. The van der Waals surface area contributed by atoms with Crippen molar-refractivity contribution in [2.75, 3.05) is 12.8 Å². The summed E-state index contributed by atoms with van der Waals surface area (Å²) >= 11 is 0. The van der Waals surface area contributed by atoms with Crippen LogP contribution in [0.15, 0.2) is 48.5 Å². The van der Waals surface area contributed by atoms with E-state index in [2.05, 4.69) is 5.10 Å². The van der Waals surface area contributed by atoms with Crippen LogP contribution in [-0.4, -0.2) is 16.9 Å². The smallest absolute Gasteiger partial charge is 0.145 e. The molecule has 0 aliphatic heterocycles. The van der Waals surface area contributed by atoms with E-state index in [4.69, 9.17) is 10.5 Å². The van der Waals surface area contributed by atoms with Gasteiger partial charge < -0.3 is 10.5 Å². The fourth-order valence-corrected chi connectivity index (χ4v) is 2.32. The molecule has 0 aliphatic carbocycles. The Morgan fingerprint density at radius 1 is 1.22 bits per heavy atom. The first-order valence-corrected chi connectivity index (χ1v) is 6.83. The molecule has 23 heavy (non-hydrogen) atoms. The summed E-state index contributed by atoms with van der Waals surface area (Å²) in [7, 11) is 1.56. The third kappa shape index (κ3) is 2.60. The normalized spacial score (nSPS) is 10.3. The number of ether oxygens (including phenoxy) is 1. The Bertz CT molecular complexity index is 911. The molecule has 1 aromatic heterocycles. The largest absolute Gasteiger partial charge is 0.497 e. The van der Waals surface area contributed by atoms with Crippen LogP contribution in [0.5, 0.6) is 5.75 Å². The van der Waals surface area contributed by atoms with Crippen molar-refractivity contribution in [1.29, 1.82) is 5.26 Å². The van der Waals surface area contributed by atoms with Crippen LogP contribution in [0.1, 0.15) is 5.56 Å². The van der Waals surface area contributed by atoms with Gasteiger partial charge in [0, 0.05) is 11.6 Å². The van der Waals surface area contributed by atoms with Crippen molar-refractivity contribution >= 4 is 5.82 Å². The summed E-state index contributed by atoms with van der Waals surface area (Å²) in [4.78, 5) is 0. The lowest BCUT2D eigenvalue weighted by molar-refractivity contribution is 0.414. The number of benzene rings is 2. The van der Waals surface area contributed by atoms with E-state index in [0.29, 0.717) is 22.7 Å². The van der Waals surface area contributed by atoms with E-state index < -0.39 is 5.82 Å². The van der Waals surface area contributed by atoms with Gasteiger partial charge in [0.2, 0.25) is 0 Å². The number of halogens is 1. The molecule has 2 N–H and O–H groups in total. The standard InChI is InChI=1S/C17H13FN4O/c1-23-14-7-3-6-13(9-14)22-17(20)15(10-19)16(21-22)11-4-2-5-12(18)8-11/h2-9H,20H2,1H3. The van der Waals surface area contributed by atoms with Gasteiger partial charge in [-0.1, -0.05) is 18.2 Å². The first kappa shape index (κ1) is 14.6. The highest BCUT2D eigenvalue weighted by Crippen LogP contribution is 2.29. The van der Waals surface area contributed by atoms with Gasteiger partial charge in [0.15, 0.2) is 0 Å². The molecule has 0 aliphatic rings. The van der Waals surface area contributed by atoms with E-state index in [0.717, 1.165) is 0 Å². The summed E-state index contributed by atoms with van der Waals surface area (Å²) in [5.74, 6) is 0.434. The van der Waals surface area contributed by atoms with Gasteiger partial charge in [0.1, 0.15) is 34.7 Å². The fraction of sp³-hybridized carbons (Fsp3) is 0.0588. The predicted molar refractivity (Wildman–Crippen MR) is 84.6 cm³/mol. The quantitative estimate of drug-likeness (QED) is 0.806. The topological polar surface area (TPSA) is 76.9 Å². The van der Waals surface area contributed by atoms with E-state index in [1.165, 1.54) is 16.8 Å². The zero-order valence-corrected chi connectivity index (χ0v) is 12.3. The zero-order valence-electron chi connectivity index (χ0n) is 12.3. The number of nitrogens with zero attached hydrogens (tertiary/aromatic N) is 3. The zero-order chi connectivity index (χ0) is 16.4. The first-order chi connectivity index (χ1) is 11.1. The maximum absolute atomic E-state index is 13.5. The molecule has 0 unspecified atom stereocenters. The average molecular weight is 308 g/mol. The number of hydrogen-bond acceptors (Lipinski definition) is 4. The van der Waals surface area contributed by atoms with Crippen molar-refractivity contribution in [3.05, 3.63) is 59.9 Å². The second-order valence-electron chi connectivity index (χ2n) is 4.84. The molecule has 0 saturated carbocycles. The second-order valence-corrected chi connectivity index (χ2v) is 4.84. The molecule has 1 heterocycles. The number of nitrogens with two attached hydrogens (primary N) is 1. The van der Waals surface area contributed by atoms with Crippen molar-refractivity contribution in [3.8, 4) is 28.8 Å². The Morgan fingerprint density at radius 3 is 2.70 bits per heavy atom. The van der Waals surface area contributed by atoms with Crippen molar-refractivity contribution in [2.45, 2.75) is 0 Å². The van der Waals surface area contributed by atoms with Crippen LogP contribution in [0.3, 0.4) is 0 Å². The van der Waals surface area contributed by atoms with Crippen LogP contribution < -0.4 is 10.5 Å². The molecule has 0 saturated heterocycles. The minimum Gasteiger partial charge on any atom is -0.497 e. The molecule has 0 radical (unpaired) electrons. The van der Waals surface area contributed by atoms with Crippen LogP contribution in [0.2, 0.25) is 0 Å². The lowest BCUT2D eigenvalue weighted by Gasteiger charge is -2.06. The average Bonchev–Trinajstić information content (AvgIpc) is 2.91. The van der Waals surface area contributed by atoms with Gasteiger partial charge in [0.25, 0.3) is 0 Å². The van der Waals surface area contributed by atoms with Gasteiger partial charge in [-0.05, 0) is 24.3 Å². The van der Waals surface area contributed by atoms with Crippen LogP contribution in [0.4, 0.5) is 10.2 Å². The Hall–Kier alpha value is -3.33. The second kappa shape index (κ2) is 5.81. The van der Waals surface area contributed by atoms with Crippen LogP contribution >= 0.6 is 0 Å². The summed E-state index contributed by atoms with van der Waals surface area (Å²) in [6.45, 7) is 0. The molecular weight excluding hydrogens is 295 g/mol. The molecule has 0 amide bonds. The number of aromatic nitrogens is 2. The Morgan fingerprint density at radius 2 is 2.00 bits per heavy atom. The van der Waals surface area contributed by atoms with Gasteiger partial charge in [-0.3, -0.25) is 0 Å². The van der Waals surface area contributed by atoms with Crippen LogP contribution in [-0.2, 0) is 0 Å². The molecule has 0 spiro atoms. The SMILES string of the molecule is COc1cccc(-n2nc(-c3cccc(F)c3)c(C#N)c2N)c1. The number of rotatable bonds is 3. The fourth-order valence-electron chi connectivity index (χ4n) is 2.32. The van der Waals surface area contributed by atoms with Gasteiger partial charge in [-0.25, -0.2) is 9.07 Å². The first-order valence-electron chi connectivity index (χ1n) is 6.83. The van der Waals surface area contributed by atoms with Crippen molar-refractivity contribution in [3.63, 3.8) is 0 Å². The molecule has 0 fully saturated rings. The van der Waals surface area contributed by atoms with Crippen molar-refractivity contribution < 1.29 is 9.13 Å². The Labute approximate surface area is 132 Å². The monoisotopic (exact) mass is 308 g/mol. The highest BCUT2D eigenvalue weighted by Gasteiger charge is 2.18. The number of nitriles is 1. The number of methoxy groups -OCH3 is 1. The van der Waals surface area contributed by atoms with E-state index in [-0.39, 0.29) is 11.4 Å². The minimum atomic E-state index is -0.402. The third-order valence-electron chi connectivity index (χ3n) is 3.43. The highest BCUT2D eigenvalue weighted by molar-refractivity contribution is 5.73. The summed E-state index contributed by atoms with van der Waals surface area (Å²) in [5, 5.41) is 13.8.